The third-order valence-electron chi connectivity index (χ3n) is 5.09. The summed E-state index contributed by atoms with van der Waals surface area (Å²) in [6, 6.07) is 17.0. The van der Waals surface area contributed by atoms with Crippen LogP contribution in [0.1, 0.15) is 28.7 Å². The van der Waals surface area contributed by atoms with Crippen LogP contribution in [0, 0.1) is 6.92 Å². The molecule has 2 aromatic carbocycles. The first kappa shape index (κ1) is 21.4. The summed E-state index contributed by atoms with van der Waals surface area (Å²) in [4.78, 5) is 21.4. The summed E-state index contributed by atoms with van der Waals surface area (Å²) in [5, 5.41) is 2.98. The first-order chi connectivity index (χ1) is 15.7. The minimum absolute atomic E-state index is 0.160. The average molecular weight is 431 g/mol. The van der Waals surface area contributed by atoms with E-state index in [-0.39, 0.29) is 5.91 Å². The highest BCUT2D eigenvalue weighted by Gasteiger charge is 2.13. The van der Waals surface area contributed by atoms with Gasteiger partial charge in [-0.15, -0.1) is 0 Å². The molecule has 0 aliphatic carbocycles. The molecule has 4 rings (SSSR count). The molecule has 4 aromatic rings. The van der Waals surface area contributed by atoms with Crippen molar-refractivity contribution in [2.24, 2.45) is 0 Å². The molecule has 1 amide bonds. The molecule has 7 heteroatoms. The molecular formula is C25H26N4O3. The van der Waals surface area contributed by atoms with Gasteiger partial charge in [0, 0.05) is 36.6 Å². The van der Waals surface area contributed by atoms with Crippen LogP contribution in [0.3, 0.4) is 0 Å². The largest absolute Gasteiger partial charge is 0.490 e. The number of nitrogens with zero attached hydrogens (tertiary/aromatic N) is 3. The summed E-state index contributed by atoms with van der Waals surface area (Å²) in [7, 11) is 0. The molecule has 2 heterocycles. The van der Waals surface area contributed by atoms with Crippen molar-refractivity contribution in [3.05, 3.63) is 83.9 Å². The Morgan fingerprint density at radius 2 is 1.94 bits per heavy atom. The number of hydrogen-bond acceptors (Lipinski definition) is 5. The molecule has 0 atom stereocenters. The lowest BCUT2D eigenvalue weighted by Gasteiger charge is -2.14. The minimum atomic E-state index is -0.160. The molecule has 0 saturated carbocycles. The van der Waals surface area contributed by atoms with E-state index in [4.69, 9.17) is 9.47 Å². The highest BCUT2D eigenvalue weighted by Crippen LogP contribution is 2.29. The minimum Gasteiger partial charge on any atom is -0.490 e. The fourth-order valence-corrected chi connectivity index (χ4v) is 3.54. The number of para-hydroxylation sites is 2. The van der Waals surface area contributed by atoms with Crippen LogP contribution in [0.2, 0.25) is 0 Å². The summed E-state index contributed by atoms with van der Waals surface area (Å²) in [5.74, 6) is 1.90. The van der Waals surface area contributed by atoms with E-state index in [9.17, 15) is 4.79 Å². The number of ether oxygens (including phenoxy) is 2. The number of nitrogens with one attached hydrogen (secondary N) is 1. The van der Waals surface area contributed by atoms with Crippen LogP contribution >= 0.6 is 0 Å². The van der Waals surface area contributed by atoms with Crippen LogP contribution < -0.4 is 14.8 Å². The van der Waals surface area contributed by atoms with E-state index < -0.39 is 0 Å². The number of fused-ring (bicyclic) bond motifs is 1. The standard InChI is InChI=1S/C25H26N4O3/c1-3-31-24-15-20(10-11-23(24)32-17-19-7-6-12-26-16-19)25(30)27-13-14-29-18(2)28-21-8-4-5-9-22(21)29/h4-12,15-16H,3,13-14,17H2,1-2H3,(H,27,30). The van der Waals surface area contributed by atoms with Crippen LogP contribution in [0.5, 0.6) is 11.5 Å². The summed E-state index contributed by atoms with van der Waals surface area (Å²) in [6.07, 6.45) is 3.48. The third kappa shape index (κ3) is 4.88. The van der Waals surface area contributed by atoms with Crippen molar-refractivity contribution in [2.45, 2.75) is 27.0 Å². The van der Waals surface area contributed by atoms with Crippen LogP contribution in [0.25, 0.3) is 11.0 Å². The Bertz CT molecular complexity index is 1200. The molecule has 2 aromatic heterocycles. The SMILES string of the molecule is CCOc1cc(C(=O)NCCn2c(C)nc3ccccc32)ccc1OCc1cccnc1. The van der Waals surface area contributed by atoms with Gasteiger partial charge < -0.3 is 19.4 Å². The zero-order valence-corrected chi connectivity index (χ0v) is 18.2. The molecule has 0 spiro atoms. The van der Waals surface area contributed by atoms with Crippen LogP contribution in [0.15, 0.2) is 67.0 Å². The number of hydrogen-bond donors (Lipinski definition) is 1. The second-order valence-electron chi connectivity index (χ2n) is 7.30. The zero-order chi connectivity index (χ0) is 22.3. The number of benzene rings is 2. The smallest absolute Gasteiger partial charge is 0.251 e. The lowest BCUT2D eigenvalue weighted by atomic mass is 10.2. The summed E-state index contributed by atoms with van der Waals surface area (Å²) < 4.78 is 13.7. The first-order valence-electron chi connectivity index (χ1n) is 10.6. The lowest BCUT2D eigenvalue weighted by molar-refractivity contribution is 0.0951. The molecule has 164 valence electrons. The number of carbonyl (C=O) groups excluding carboxylic acids is 1. The Kier molecular flexibility index (Phi) is 6.65. The van der Waals surface area contributed by atoms with Crippen LogP contribution in [0.4, 0.5) is 0 Å². The molecule has 0 aliphatic heterocycles. The van der Waals surface area contributed by atoms with Gasteiger partial charge in [0.2, 0.25) is 0 Å². The van der Waals surface area contributed by atoms with Gasteiger partial charge in [0.25, 0.3) is 5.91 Å². The molecule has 0 aliphatic rings. The quantitative estimate of drug-likeness (QED) is 0.432. The van der Waals surface area contributed by atoms with E-state index in [2.05, 4.69) is 19.9 Å². The Morgan fingerprint density at radius 3 is 2.75 bits per heavy atom. The molecule has 32 heavy (non-hydrogen) atoms. The van der Waals surface area contributed by atoms with Gasteiger partial charge in [0.15, 0.2) is 11.5 Å². The van der Waals surface area contributed by atoms with Gasteiger partial charge in [-0.2, -0.15) is 0 Å². The average Bonchev–Trinajstić information content (AvgIpc) is 3.14. The maximum atomic E-state index is 12.7. The number of pyridine rings is 1. The predicted molar refractivity (Wildman–Crippen MR) is 123 cm³/mol. The Balaban J connectivity index is 1.40. The van der Waals surface area contributed by atoms with Gasteiger partial charge in [-0.3, -0.25) is 9.78 Å². The topological polar surface area (TPSA) is 78.3 Å². The van der Waals surface area contributed by atoms with E-state index in [1.807, 2.05) is 50.2 Å². The Labute approximate surface area is 187 Å². The van der Waals surface area contributed by atoms with Crippen molar-refractivity contribution in [3.63, 3.8) is 0 Å². The molecule has 1 N–H and O–H groups in total. The summed E-state index contributed by atoms with van der Waals surface area (Å²) in [6.45, 7) is 5.85. The van der Waals surface area contributed by atoms with Crippen LogP contribution in [-0.2, 0) is 13.2 Å². The normalized spacial score (nSPS) is 10.8. The molecule has 0 radical (unpaired) electrons. The molecule has 7 nitrogen and oxygen atoms in total. The maximum absolute atomic E-state index is 12.7. The van der Waals surface area contributed by atoms with Crippen molar-refractivity contribution >= 4 is 16.9 Å². The maximum Gasteiger partial charge on any atom is 0.251 e. The summed E-state index contributed by atoms with van der Waals surface area (Å²) in [5.41, 5.74) is 3.50. The molecular weight excluding hydrogens is 404 g/mol. The number of imidazole rings is 1. The Morgan fingerprint density at radius 1 is 1.06 bits per heavy atom. The van der Waals surface area contributed by atoms with Gasteiger partial charge in [-0.25, -0.2) is 4.98 Å². The fourth-order valence-electron chi connectivity index (χ4n) is 3.54. The van der Waals surface area contributed by atoms with Crippen molar-refractivity contribution in [1.29, 1.82) is 0 Å². The van der Waals surface area contributed by atoms with Gasteiger partial charge in [0.1, 0.15) is 12.4 Å². The van der Waals surface area contributed by atoms with Crippen molar-refractivity contribution in [2.75, 3.05) is 13.2 Å². The second kappa shape index (κ2) is 9.96. The molecule has 0 bridgehead atoms. The third-order valence-corrected chi connectivity index (χ3v) is 5.09. The highest BCUT2D eigenvalue weighted by atomic mass is 16.5. The highest BCUT2D eigenvalue weighted by molar-refractivity contribution is 5.94. The predicted octanol–water partition coefficient (Wildman–Crippen LogP) is 4.15. The molecule has 0 saturated heterocycles. The zero-order valence-electron chi connectivity index (χ0n) is 18.2. The number of aryl methyl sites for hydroxylation is 1. The van der Waals surface area contributed by atoms with E-state index in [0.717, 1.165) is 22.4 Å². The second-order valence-corrected chi connectivity index (χ2v) is 7.30. The van der Waals surface area contributed by atoms with Crippen molar-refractivity contribution in [1.82, 2.24) is 19.9 Å². The molecule has 0 unspecified atom stereocenters. The Hall–Kier alpha value is -3.87. The van der Waals surface area contributed by atoms with Crippen LogP contribution in [-0.4, -0.2) is 33.6 Å². The van der Waals surface area contributed by atoms with E-state index in [1.54, 1.807) is 30.6 Å². The fraction of sp³-hybridized carbons (Fsp3) is 0.240. The van der Waals surface area contributed by atoms with E-state index >= 15 is 0 Å². The van der Waals surface area contributed by atoms with Gasteiger partial charge >= 0.3 is 0 Å². The lowest BCUT2D eigenvalue weighted by Crippen LogP contribution is -2.27. The van der Waals surface area contributed by atoms with E-state index in [1.165, 1.54) is 0 Å². The number of aromatic nitrogens is 3. The first-order valence-corrected chi connectivity index (χ1v) is 10.6. The van der Waals surface area contributed by atoms with Gasteiger partial charge in [-0.1, -0.05) is 18.2 Å². The number of amides is 1. The molecule has 0 fully saturated rings. The van der Waals surface area contributed by atoms with Crippen molar-refractivity contribution < 1.29 is 14.3 Å². The van der Waals surface area contributed by atoms with Gasteiger partial charge in [0.05, 0.1) is 17.6 Å². The van der Waals surface area contributed by atoms with Crippen molar-refractivity contribution in [3.8, 4) is 11.5 Å². The number of rotatable bonds is 9. The summed E-state index contributed by atoms with van der Waals surface area (Å²) >= 11 is 0. The number of carbonyl (C=O) groups is 1. The van der Waals surface area contributed by atoms with E-state index in [0.29, 0.717) is 43.4 Å². The monoisotopic (exact) mass is 430 g/mol. The van der Waals surface area contributed by atoms with Gasteiger partial charge in [-0.05, 0) is 50.2 Å².